The maximum Gasteiger partial charge on any atom is 0.129 e. The highest BCUT2D eigenvalue weighted by Crippen LogP contribution is 2.18. The molecular formula is C13H21FN2. The third-order valence-corrected chi connectivity index (χ3v) is 2.26. The van der Waals surface area contributed by atoms with E-state index in [9.17, 15) is 4.39 Å². The van der Waals surface area contributed by atoms with Crippen LogP contribution in [0, 0.1) is 11.2 Å². The summed E-state index contributed by atoms with van der Waals surface area (Å²) in [6, 6.07) is 4.87. The first-order valence-electron chi connectivity index (χ1n) is 5.50. The molecular weight excluding hydrogens is 203 g/mol. The highest BCUT2D eigenvalue weighted by molar-refractivity contribution is 5.40. The molecule has 0 atom stereocenters. The van der Waals surface area contributed by atoms with E-state index in [-0.39, 0.29) is 11.2 Å². The number of rotatable bonds is 3. The zero-order chi connectivity index (χ0) is 12.3. The molecule has 1 rings (SSSR count). The minimum Gasteiger partial charge on any atom is -0.399 e. The van der Waals surface area contributed by atoms with Crippen molar-refractivity contribution in [3.63, 3.8) is 0 Å². The number of benzene rings is 1. The van der Waals surface area contributed by atoms with Crippen LogP contribution < -0.4 is 5.73 Å². The molecule has 1 aromatic rings. The Kier molecular flexibility index (Phi) is 3.92. The number of anilines is 1. The summed E-state index contributed by atoms with van der Waals surface area (Å²) in [5, 5.41) is 0. The van der Waals surface area contributed by atoms with Crippen molar-refractivity contribution in [3.8, 4) is 0 Å². The third kappa shape index (κ3) is 4.19. The Morgan fingerprint density at radius 1 is 1.31 bits per heavy atom. The molecule has 0 amide bonds. The van der Waals surface area contributed by atoms with Crippen LogP contribution >= 0.6 is 0 Å². The van der Waals surface area contributed by atoms with E-state index in [2.05, 4.69) is 25.7 Å². The zero-order valence-electron chi connectivity index (χ0n) is 10.5. The van der Waals surface area contributed by atoms with E-state index < -0.39 is 0 Å². The van der Waals surface area contributed by atoms with Crippen LogP contribution in [0.3, 0.4) is 0 Å². The number of hydrogen-bond donors (Lipinski definition) is 1. The zero-order valence-corrected chi connectivity index (χ0v) is 10.5. The van der Waals surface area contributed by atoms with Gasteiger partial charge < -0.3 is 10.6 Å². The summed E-state index contributed by atoms with van der Waals surface area (Å²) in [7, 11) is 2.00. The molecule has 1 aromatic carbocycles. The van der Waals surface area contributed by atoms with Crippen molar-refractivity contribution in [3.05, 3.63) is 29.6 Å². The van der Waals surface area contributed by atoms with E-state index in [1.54, 1.807) is 12.1 Å². The average molecular weight is 224 g/mol. The lowest BCUT2D eigenvalue weighted by Gasteiger charge is -2.26. The van der Waals surface area contributed by atoms with Crippen LogP contribution in [0.1, 0.15) is 26.3 Å². The molecule has 16 heavy (non-hydrogen) atoms. The first-order chi connectivity index (χ1) is 7.28. The number of hydrogen-bond acceptors (Lipinski definition) is 2. The molecule has 0 aliphatic carbocycles. The highest BCUT2D eigenvalue weighted by atomic mass is 19.1. The van der Waals surface area contributed by atoms with Gasteiger partial charge in [0.15, 0.2) is 0 Å². The van der Waals surface area contributed by atoms with Crippen molar-refractivity contribution in [2.75, 3.05) is 19.3 Å². The Bertz CT molecular complexity index is 355. The summed E-state index contributed by atoms with van der Waals surface area (Å²) < 4.78 is 13.5. The molecule has 90 valence electrons. The van der Waals surface area contributed by atoms with Crippen LogP contribution in [-0.2, 0) is 6.54 Å². The molecule has 2 N–H and O–H groups in total. The third-order valence-electron chi connectivity index (χ3n) is 2.26. The molecule has 2 nitrogen and oxygen atoms in total. The molecule has 0 heterocycles. The van der Waals surface area contributed by atoms with Crippen molar-refractivity contribution in [1.29, 1.82) is 0 Å². The van der Waals surface area contributed by atoms with Crippen LogP contribution in [0.4, 0.5) is 10.1 Å². The van der Waals surface area contributed by atoms with Gasteiger partial charge in [-0.05, 0) is 24.6 Å². The van der Waals surface area contributed by atoms with E-state index in [4.69, 9.17) is 5.73 Å². The SMILES string of the molecule is CN(Cc1ccc(N)cc1F)CC(C)(C)C. The molecule has 0 aromatic heterocycles. The molecule has 3 heteroatoms. The first kappa shape index (κ1) is 13.0. The second kappa shape index (κ2) is 4.83. The maximum atomic E-state index is 13.5. The van der Waals surface area contributed by atoms with Gasteiger partial charge in [-0.3, -0.25) is 0 Å². The molecule has 0 bridgehead atoms. The van der Waals surface area contributed by atoms with Crippen molar-refractivity contribution in [2.24, 2.45) is 5.41 Å². The molecule has 0 saturated heterocycles. The first-order valence-corrected chi connectivity index (χ1v) is 5.50. The van der Waals surface area contributed by atoms with Crippen molar-refractivity contribution < 1.29 is 4.39 Å². The summed E-state index contributed by atoms with van der Waals surface area (Å²) in [5.74, 6) is -0.222. The fraction of sp³-hybridized carbons (Fsp3) is 0.538. The predicted molar refractivity (Wildman–Crippen MR) is 66.6 cm³/mol. The summed E-state index contributed by atoms with van der Waals surface area (Å²) in [6.45, 7) is 8.05. The van der Waals surface area contributed by atoms with E-state index in [1.807, 2.05) is 7.05 Å². The van der Waals surface area contributed by atoms with Crippen LogP contribution in [0.5, 0.6) is 0 Å². The molecule has 0 aliphatic heterocycles. The van der Waals surface area contributed by atoms with Gasteiger partial charge in [0.25, 0.3) is 0 Å². The number of halogens is 1. The molecule has 0 fully saturated rings. The minimum atomic E-state index is -0.222. The lowest BCUT2D eigenvalue weighted by atomic mass is 9.96. The molecule has 0 aliphatic rings. The van der Waals surface area contributed by atoms with Crippen molar-refractivity contribution in [1.82, 2.24) is 4.90 Å². The van der Waals surface area contributed by atoms with Crippen LogP contribution in [-0.4, -0.2) is 18.5 Å². The lowest BCUT2D eigenvalue weighted by Crippen LogP contribution is -2.29. The van der Waals surface area contributed by atoms with Gasteiger partial charge in [0, 0.05) is 24.3 Å². The molecule has 0 saturated carbocycles. The fourth-order valence-electron chi connectivity index (χ4n) is 1.85. The number of nitrogens with zero attached hydrogens (tertiary/aromatic N) is 1. The van der Waals surface area contributed by atoms with Crippen molar-refractivity contribution >= 4 is 5.69 Å². The Balaban J connectivity index is 2.66. The minimum absolute atomic E-state index is 0.221. The summed E-state index contributed by atoms with van der Waals surface area (Å²) in [4.78, 5) is 2.12. The topological polar surface area (TPSA) is 29.3 Å². The smallest absolute Gasteiger partial charge is 0.129 e. The van der Waals surface area contributed by atoms with Gasteiger partial charge in [-0.1, -0.05) is 26.8 Å². The van der Waals surface area contributed by atoms with Crippen LogP contribution in [0.2, 0.25) is 0 Å². The largest absolute Gasteiger partial charge is 0.399 e. The molecule has 0 spiro atoms. The standard InChI is InChI=1S/C13H21FN2/c1-13(2,3)9-16(4)8-10-5-6-11(15)7-12(10)14/h5-7H,8-9,15H2,1-4H3. The molecule has 0 unspecified atom stereocenters. The summed E-state index contributed by atoms with van der Waals surface area (Å²) in [5.41, 5.74) is 6.90. The van der Waals surface area contributed by atoms with Crippen LogP contribution in [0.25, 0.3) is 0 Å². The number of nitrogen functional groups attached to an aromatic ring is 1. The van der Waals surface area contributed by atoms with E-state index in [0.717, 1.165) is 6.54 Å². The fourth-order valence-corrected chi connectivity index (χ4v) is 1.85. The summed E-state index contributed by atoms with van der Waals surface area (Å²) >= 11 is 0. The van der Waals surface area contributed by atoms with Gasteiger partial charge in [-0.15, -0.1) is 0 Å². The van der Waals surface area contributed by atoms with E-state index in [0.29, 0.717) is 17.8 Å². The van der Waals surface area contributed by atoms with Crippen LogP contribution in [0.15, 0.2) is 18.2 Å². The van der Waals surface area contributed by atoms with Gasteiger partial charge in [-0.2, -0.15) is 0 Å². The second-order valence-electron chi connectivity index (χ2n) is 5.58. The van der Waals surface area contributed by atoms with Crippen molar-refractivity contribution in [2.45, 2.75) is 27.3 Å². The lowest BCUT2D eigenvalue weighted by molar-refractivity contribution is 0.218. The van der Waals surface area contributed by atoms with Gasteiger partial charge in [-0.25, -0.2) is 4.39 Å². The highest BCUT2D eigenvalue weighted by Gasteiger charge is 2.14. The van der Waals surface area contributed by atoms with E-state index in [1.165, 1.54) is 6.07 Å². The Morgan fingerprint density at radius 2 is 1.94 bits per heavy atom. The number of nitrogens with two attached hydrogens (primary N) is 1. The van der Waals surface area contributed by atoms with Gasteiger partial charge in [0.05, 0.1) is 0 Å². The Morgan fingerprint density at radius 3 is 2.44 bits per heavy atom. The second-order valence-corrected chi connectivity index (χ2v) is 5.58. The quantitative estimate of drug-likeness (QED) is 0.800. The normalized spacial score (nSPS) is 12.1. The van der Waals surface area contributed by atoms with Gasteiger partial charge in [0.1, 0.15) is 5.82 Å². The maximum absolute atomic E-state index is 13.5. The Labute approximate surface area is 97.3 Å². The monoisotopic (exact) mass is 224 g/mol. The predicted octanol–water partition coefficient (Wildman–Crippen LogP) is 2.89. The molecule has 0 radical (unpaired) electrons. The van der Waals surface area contributed by atoms with Gasteiger partial charge >= 0.3 is 0 Å². The van der Waals surface area contributed by atoms with E-state index >= 15 is 0 Å². The van der Waals surface area contributed by atoms with Gasteiger partial charge in [0.2, 0.25) is 0 Å². The Hall–Kier alpha value is -1.09. The average Bonchev–Trinajstić information content (AvgIpc) is 2.06. The summed E-state index contributed by atoms with van der Waals surface area (Å²) in [6.07, 6.45) is 0.